The van der Waals surface area contributed by atoms with Gasteiger partial charge in [-0.3, -0.25) is 16.3 Å². The zero-order valence-corrected chi connectivity index (χ0v) is 12.3. The quantitative estimate of drug-likeness (QED) is 0.657. The fourth-order valence-electron chi connectivity index (χ4n) is 2.26. The summed E-state index contributed by atoms with van der Waals surface area (Å²) in [4.78, 5) is 4.10. The molecule has 0 aliphatic rings. The second-order valence-corrected chi connectivity index (χ2v) is 5.05. The van der Waals surface area contributed by atoms with Crippen molar-refractivity contribution in [3.63, 3.8) is 0 Å². The number of nitrogens with two attached hydrogens (primary N) is 1. The molecule has 1 aromatic heterocycles. The van der Waals surface area contributed by atoms with E-state index in [2.05, 4.69) is 10.4 Å². The molecule has 2 aromatic rings. The van der Waals surface area contributed by atoms with Crippen LogP contribution in [0, 0.1) is 6.92 Å². The van der Waals surface area contributed by atoms with Gasteiger partial charge in [0.2, 0.25) is 0 Å². The van der Waals surface area contributed by atoms with Crippen molar-refractivity contribution in [2.45, 2.75) is 19.4 Å². The van der Waals surface area contributed by atoms with Gasteiger partial charge in [-0.25, -0.2) is 0 Å². The minimum Gasteiger partial charge on any atom is -0.496 e. The summed E-state index contributed by atoms with van der Waals surface area (Å²) in [5.74, 6) is 6.51. The number of aromatic nitrogens is 1. The van der Waals surface area contributed by atoms with Gasteiger partial charge >= 0.3 is 0 Å². The van der Waals surface area contributed by atoms with E-state index in [1.807, 2.05) is 37.4 Å². The van der Waals surface area contributed by atoms with Crippen molar-refractivity contribution in [1.82, 2.24) is 10.4 Å². The monoisotopic (exact) mass is 291 g/mol. The van der Waals surface area contributed by atoms with Gasteiger partial charge in [-0.15, -0.1) is 0 Å². The lowest BCUT2D eigenvalue weighted by Gasteiger charge is -2.19. The summed E-state index contributed by atoms with van der Waals surface area (Å²) >= 11 is 6.06. The van der Waals surface area contributed by atoms with Crippen LogP contribution in [-0.2, 0) is 6.42 Å². The van der Waals surface area contributed by atoms with Crippen LogP contribution in [0.4, 0.5) is 0 Å². The molecule has 0 fully saturated rings. The number of rotatable bonds is 5. The summed E-state index contributed by atoms with van der Waals surface area (Å²) in [5, 5.41) is 0.683. The standard InChI is InChI=1S/C15H18ClN3O/c1-10-9-18-6-5-13(10)14(19-17)8-11-7-12(16)3-4-15(11)20-2/h3-7,9,14,19H,8,17H2,1-2H3. The molecule has 0 saturated heterocycles. The number of benzene rings is 1. The van der Waals surface area contributed by atoms with Crippen molar-refractivity contribution in [1.29, 1.82) is 0 Å². The molecule has 0 aliphatic heterocycles. The lowest BCUT2D eigenvalue weighted by Crippen LogP contribution is -2.30. The first-order chi connectivity index (χ1) is 9.65. The lowest BCUT2D eigenvalue weighted by molar-refractivity contribution is 0.405. The Balaban J connectivity index is 2.31. The number of hydrogen-bond acceptors (Lipinski definition) is 4. The molecule has 2 rings (SSSR count). The van der Waals surface area contributed by atoms with E-state index in [0.717, 1.165) is 22.4 Å². The highest BCUT2D eigenvalue weighted by Crippen LogP contribution is 2.28. The average molecular weight is 292 g/mol. The fourth-order valence-corrected chi connectivity index (χ4v) is 2.46. The molecular formula is C15H18ClN3O. The first kappa shape index (κ1) is 14.8. The van der Waals surface area contributed by atoms with Crippen molar-refractivity contribution in [2.75, 3.05) is 7.11 Å². The summed E-state index contributed by atoms with van der Waals surface area (Å²) in [7, 11) is 1.65. The van der Waals surface area contributed by atoms with E-state index in [4.69, 9.17) is 22.2 Å². The average Bonchev–Trinajstić information content (AvgIpc) is 2.46. The van der Waals surface area contributed by atoms with Crippen molar-refractivity contribution in [2.24, 2.45) is 5.84 Å². The molecule has 106 valence electrons. The van der Waals surface area contributed by atoms with E-state index in [9.17, 15) is 0 Å². The fraction of sp³-hybridized carbons (Fsp3) is 0.267. The maximum Gasteiger partial charge on any atom is 0.122 e. The topological polar surface area (TPSA) is 60.2 Å². The number of halogens is 1. The Morgan fingerprint density at radius 3 is 2.85 bits per heavy atom. The number of hydrogen-bond donors (Lipinski definition) is 2. The predicted molar refractivity (Wildman–Crippen MR) is 80.7 cm³/mol. The molecule has 0 spiro atoms. The van der Waals surface area contributed by atoms with Crippen LogP contribution < -0.4 is 16.0 Å². The van der Waals surface area contributed by atoms with Gasteiger partial charge in [-0.2, -0.15) is 0 Å². The maximum absolute atomic E-state index is 6.06. The molecule has 3 N–H and O–H groups in total. The van der Waals surface area contributed by atoms with Gasteiger partial charge in [0.15, 0.2) is 0 Å². The number of aryl methyl sites for hydroxylation is 1. The molecule has 1 atom stereocenters. The zero-order valence-electron chi connectivity index (χ0n) is 11.6. The van der Waals surface area contributed by atoms with Gasteiger partial charge in [-0.05, 0) is 54.3 Å². The Bertz CT molecular complexity index is 589. The largest absolute Gasteiger partial charge is 0.496 e. The van der Waals surface area contributed by atoms with Crippen LogP contribution in [0.2, 0.25) is 5.02 Å². The molecule has 5 heteroatoms. The first-order valence-corrected chi connectivity index (χ1v) is 6.72. The Morgan fingerprint density at radius 1 is 1.40 bits per heavy atom. The van der Waals surface area contributed by atoms with Gasteiger partial charge in [0.1, 0.15) is 5.75 Å². The Hall–Kier alpha value is -1.62. The highest BCUT2D eigenvalue weighted by atomic mass is 35.5. The number of hydrazine groups is 1. The second kappa shape index (κ2) is 6.70. The van der Waals surface area contributed by atoms with Crippen LogP contribution in [0.25, 0.3) is 0 Å². The first-order valence-electron chi connectivity index (χ1n) is 6.34. The SMILES string of the molecule is COc1ccc(Cl)cc1CC(NN)c1ccncc1C. The number of nitrogens with zero attached hydrogens (tertiary/aromatic N) is 1. The Labute approximate surface area is 123 Å². The van der Waals surface area contributed by atoms with Crippen LogP contribution in [-0.4, -0.2) is 12.1 Å². The minimum absolute atomic E-state index is 0.0228. The molecule has 0 saturated carbocycles. The van der Waals surface area contributed by atoms with Gasteiger partial charge in [0.25, 0.3) is 0 Å². The number of ether oxygens (including phenoxy) is 1. The van der Waals surface area contributed by atoms with Crippen LogP contribution in [0.5, 0.6) is 5.75 Å². The molecule has 0 radical (unpaired) electrons. The van der Waals surface area contributed by atoms with E-state index >= 15 is 0 Å². The number of methoxy groups -OCH3 is 1. The van der Waals surface area contributed by atoms with Gasteiger partial charge in [-0.1, -0.05) is 11.6 Å². The summed E-state index contributed by atoms with van der Waals surface area (Å²) in [6, 6.07) is 7.53. The van der Waals surface area contributed by atoms with Gasteiger partial charge in [0.05, 0.1) is 13.2 Å². The Morgan fingerprint density at radius 2 is 2.20 bits per heavy atom. The molecule has 0 aliphatic carbocycles. The summed E-state index contributed by atoms with van der Waals surface area (Å²) in [5.41, 5.74) is 6.07. The molecular weight excluding hydrogens is 274 g/mol. The van der Waals surface area contributed by atoms with E-state index in [1.54, 1.807) is 13.3 Å². The number of nitrogens with one attached hydrogen (secondary N) is 1. The normalized spacial score (nSPS) is 12.2. The van der Waals surface area contributed by atoms with Crippen LogP contribution in [0.1, 0.15) is 22.7 Å². The third-order valence-corrected chi connectivity index (χ3v) is 3.54. The van der Waals surface area contributed by atoms with Crippen LogP contribution in [0.15, 0.2) is 36.7 Å². The van der Waals surface area contributed by atoms with E-state index in [-0.39, 0.29) is 6.04 Å². The molecule has 1 aromatic carbocycles. The summed E-state index contributed by atoms with van der Waals surface area (Å²) in [6.07, 6.45) is 4.28. The summed E-state index contributed by atoms with van der Waals surface area (Å²) < 4.78 is 5.37. The molecule has 1 heterocycles. The maximum atomic E-state index is 6.06. The van der Waals surface area contributed by atoms with Gasteiger partial charge in [0, 0.05) is 17.4 Å². The molecule has 20 heavy (non-hydrogen) atoms. The van der Waals surface area contributed by atoms with Crippen molar-refractivity contribution < 1.29 is 4.74 Å². The van der Waals surface area contributed by atoms with E-state index < -0.39 is 0 Å². The highest BCUT2D eigenvalue weighted by Gasteiger charge is 2.15. The smallest absolute Gasteiger partial charge is 0.122 e. The minimum atomic E-state index is -0.0228. The Kier molecular flexibility index (Phi) is 4.95. The van der Waals surface area contributed by atoms with Crippen LogP contribution in [0.3, 0.4) is 0 Å². The van der Waals surface area contributed by atoms with E-state index in [0.29, 0.717) is 11.4 Å². The van der Waals surface area contributed by atoms with Crippen LogP contribution >= 0.6 is 11.6 Å². The summed E-state index contributed by atoms with van der Waals surface area (Å²) in [6.45, 7) is 2.02. The lowest BCUT2D eigenvalue weighted by atomic mass is 9.97. The third kappa shape index (κ3) is 3.28. The third-order valence-electron chi connectivity index (χ3n) is 3.31. The van der Waals surface area contributed by atoms with Crippen molar-refractivity contribution in [3.8, 4) is 5.75 Å². The van der Waals surface area contributed by atoms with E-state index in [1.165, 1.54) is 0 Å². The predicted octanol–water partition coefficient (Wildman–Crippen LogP) is 2.80. The molecule has 1 unspecified atom stereocenters. The molecule has 4 nitrogen and oxygen atoms in total. The zero-order chi connectivity index (χ0) is 14.5. The van der Waals surface area contributed by atoms with Gasteiger partial charge < -0.3 is 4.74 Å². The molecule has 0 bridgehead atoms. The number of pyridine rings is 1. The molecule has 0 amide bonds. The van der Waals surface area contributed by atoms with Crippen molar-refractivity contribution in [3.05, 3.63) is 58.4 Å². The van der Waals surface area contributed by atoms with Crippen molar-refractivity contribution >= 4 is 11.6 Å². The highest BCUT2D eigenvalue weighted by molar-refractivity contribution is 6.30. The second-order valence-electron chi connectivity index (χ2n) is 4.61.